The molecule has 156 valence electrons. The maximum absolute atomic E-state index is 12.9. The molecule has 0 saturated carbocycles. The third kappa shape index (κ3) is 4.84. The molecule has 0 aromatic carbocycles. The van der Waals surface area contributed by atoms with Crippen molar-refractivity contribution < 1.29 is 17.9 Å². The number of hydrogen-bond donors (Lipinski definition) is 1. The molecule has 0 amide bonds. The second kappa shape index (κ2) is 8.36. The van der Waals surface area contributed by atoms with Crippen LogP contribution in [-0.4, -0.2) is 65.4 Å². The van der Waals surface area contributed by atoms with Gasteiger partial charge in [-0.05, 0) is 18.9 Å². The van der Waals surface area contributed by atoms with Crippen molar-refractivity contribution >= 4 is 17.6 Å². The molecule has 11 heteroatoms. The van der Waals surface area contributed by atoms with Gasteiger partial charge in [-0.2, -0.15) is 13.2 Å². The molecule has 8 nitrogen and oxygen atoms in total. The molecule has 2 fully saturated rings. The Kier molecular flexibility index (Phi) is 5.65. The minimum absolute atomic E-state index is 0.0108. The first-order valence-electron chi connectivity index (χ1n) is 9.55. The van der Waals surface area contributed by atoms with Crippen molar-refractivity contribution in [1.82, 2.24) is 19.9 Å². The summed E-state index contributed by atoms with van der Waals surface area (Å²) in [5.74, 6) is 1.65. The van der Waals surface area contributed by atoms with Crippen LogP contribution < -0.4 is 15.1 Å². The van der Waals surface area contributed by atoms with E-state index >= 15 is 0 Å². The smallest absolute Gasteiger partial charge is 0.378 e. The van der Waals surface area contributed by atoms with Gasteiger partial charge in [0.1, 0.15) is 23.7 Å². The van der Waals surface area contributed by atoms with E-state index in [0.717, 1.165) is 56.4 Å². The zero-order valence-corrected chi connectivity index (χ0v) is 15.8. The maximum atomic E-state index is 12.9. The Morgan fingerprint density at radius 1 is 1.03 bits per heavy atom. The Hall–Kier alpha value is -2.69. The van der Waals surface area contributed by atoms with Gasteiger partial charge in [0, 0.05) is 44.5 Å². The molecule has 4 heterocycles. The minimum atomic E-state index is -4.49. The van der Waals surface area contributed by atoms with E-state index in [4.69, 9.17) is 4.74 Å². The van der Waals surface area contributed by atoms with Crippen LogP contribution in [0.15, 0.2) is 24.7 Å². The van der Waals surface area contributed by atoms with E-state index in [2.05, 4.69) is 35.1 Å². The predicted molar refractivity (Wildman–Crippen MR) is 101 cm³/mol. The highest BCUT2D eigenvalue weighted by molar-refractivity contribution is 5.51. The zero-order valence-electron chi connectivity index (χ0n) is 15.8. The number of nitrogens with one attached hydrogen (secondary N) is 1. The molecular formula is C18H22F3N7O. The molecule has 2 aliphatic rings. The Balaban J connectivity index is 1.43. The fraction of sp³-hybridized carbons (Fsp3) is 0.556. The topological polar surface area (TPSA) is 79.3 Å². The van der Waals surface area contributed by atoms with E-state index < -0.39 is 11.9 Å². The van der Waals surface area contributed by atoms with Crippen LogP contribution in [0.5, 0.6) is 0 Å². The van der Waals surface area contributed by atoms with Gasteiger partial charge >= 0.3 is 6.18 Å². The van der Waals surface area contributed by atoms with Crippen LogP contribution >= 0.6 is 0 Å². The molecule has 0 bridgehead atoms. The van der Waals surface area contributed by atoms with Crippen molar-refractivity contribution in [2.24, 2.45) is 0 Å². The first-order chi connectivity index (χ1) is 14.0. The number of halogens is 3. The fourth-order valence-corrected chi connectivity index (χ4v) is 3.55. The number of hydrogen-bond acceptors (Lipinski definition) is 8. The minimum Gasteiger partial charge on any atom is -0.378 e. The van der Waals surface area contributed by atoms with Gasteiger partial charge in [-0.25, -0.2) is 19.9 Å². The summed E-state index contributed by atoms with van der Waals surface area (Å²) in [5, 5.41) is 3.04. The third-order valence-electron chi connectivity index (χ3n) is 5.00. The van der Waals surface area contributed by atoms with Crippen molar-refractivity contribution in [2.75, 3.05) is 54.5 Å². The van der Waals surface area contributed by atoms with Crippen LogP contribution in [0.1, 0.15) is 18.5 Å². The lowest BCUT2D eigenvalue weighted by atomic mass is 10.1. The molecule has 2 aromatic heterocycles. The number of rotatable bonds is 4. The van der Waals surface area contributed by atoms with Crippen LogP contribution in [0.2, 0.25) is 0 Å². The molecule has 29 heavy (non-hydrogen) atoms. The summed E-state index contributed by atoms with van der Waals surface area (Å²) in [6, 6.07) is 2.75. The summed E-state index contributed by atoms with van der Waals surface area (Å²) in [6.07, 6.45) is -0.120. The summed E-state index contributed by atoms with van der Waals surface area (Å²) in [6.45, 7) is 4.33. The quantitative estimate of drug-likeness (QED) is 0.824. The molecule has 4 rings (SSSR count). The van der Waals surface area contributed by atoms with E-state index in [9.17, 15) is 13.2 Å². The lowest BCUT2D eigenvalue weighted by molar-refractivity contribution is -0.141. The van der Waals surface area contributed by atoms with Crippen molar-refractivity contribution in [1.29, 1.82) is 0 Å². The normalized spacial score (nSPS) is 20.6. The van der Waals surface area contributed by atoms with Crippen LogP contribution in [-0.2, 0) is 10.9 Å². The van der Waals surface area contributed by atoms with Gasteiger partial charge < -0.3 is 19.9 Å². The van der Waals surface area contributed by atoms with Gasteiger partial charge in [0.25, 0.3) is 0 Å². The van der Waals surface area contributed by atoms with Crippen molar-refractivity contribution in [2.45, 2.75) is 25.1 Å². The number of alkyl halides is 3. The first-order valence-corrected chi connectivity index (χ1v) is 9.55. The molecule has 0 radical (unpaired) electrons. The van der Waals surface area contributed by atoms with E-state index in [1.807, 2.05) is 6.07 Å². The van der Waals surface area contributed by atoms with Gasteiger partial charge in [-0.1, -0.05) is 0 Å². The van der Waals surface area contributed by atoms with Gasteiger partial charge in [0.05, 0.1) is 13.2 Å². The Morgan fingerprint density at radius 3 is 2.55 bits per heavy atom. The molecule has 0 aliphatic carbocycles. The SMILES string of the molecule is FC(F)(F)c1ccnc(NC2CCCN(c3cc(N4CCOCC4)ncn3)C2)n1. The summed E-state index contributed by atoms with van der Waals surface area (Å²) < 4.78 is 44.0. The largest absolute Gasteiger partial charge is 0.433 e. The lowest BCUT2D eigenvalue weighted by Gasteiger charge is -2.34. The van der Waals surface area contributed by atoms with Gasteiger partial charge in [-0.15, -0.1) is 0 Å². The average Bonchev–Trinajstić information content (AvgIpc) is 2.74. The third-order valence-corrected chi connectivity index (χ3v) is 5.00. The molecular weight excluding hydrogens is 387 g/mol. The predicted octanol–water partition coefficient (Wildman–Crippen LogP) is 2.20. The average molecular weight is 409 g/mol. The number of piperidine rings is 1. The summed E-state index contributed by atoms with van der Waals surface area (Å²) in [4.78, 5) is 20.6. The van der Waals surface area contributed by atoms with Crippen molar-refractivity contribution in [3.8, 4) is 0 Å². The van der Waals surface area contributed by atoms with E-state index in [1.165, 1.54) is 0 Å². The van der Waals surface area contributed by atoms with Crippen LogP contribution in [0.4, 0.5) is 30.8 Å². The highest BCUT2D eigenvalue weighted by Gasteiger charge is 2.33. The number of morpholine rings is 1. The fourth-order valence-electron chi connectivity index (χ4n) is 3.55. The lowest BCUT2D eigenvalue weighted by Crippen LogP contribution is -2.43. The summed E-state index contributed by atoms with van der Waals surface area (Å²) >= 11 is 0. The summed E-state index contributed by atoms with van der Waals surface area (Å²) in [7, 11) is 0. The summed E-state index contributed by atoms with van der Waals surface area (Å²) in [5.41, 5.74) is -0.950. The molecule has 2 saturated heterocycles. The number of ether oxygens (including phenoxy) is 1. The maximum Gasteiger partial charge on any atom is 0.433 e. The second-order valence-corrected chi connectivity index (χ2v) is 7.03. The molecule has 0 spiro atoms. The highest BCUT2D eigenvalue weighted by Crippen LogP contribution is 2.28. The van der Waals surface area contributed by atoms with Crippen molar-refractivity contribution in [3.63, 3.8) is 0 Å². The second-order valence-electron chi connectivity index (χ2n) is 7.03. The zero-order chi connectivity index (χ0) is 20.3. The van der Waals surface area contributed by atoms with E-state index in [-0.39, 0.29) is 12.0 Å². The highest BCUT2D eigenvalue weighted by atomic mass is 19.4. The van der Waals surface area contributed by atoms with Crippen LogP contribution in [0.3, 0.4) is 0 Å². The van der Waals surface area contributed by atoms with Gasteiger partial charge in [-0.3, -0.25) is 0 Å². The molecule has 2 aliphatic heterocycles. The standard InChI is InChI=1S/C18H22F3N7O/c19-18(20,21)14-3-4-22-17(26-14)25-13-2-1-5-28(11-13)16-10-15(23-12-24-16)27-6-8-29-9-7-27/h3-4,10,12-13H,1-2,5-9,11H2,(H,22,25,26). The molecule has 1 atom stereocenters. The molecule has 1 N–H and O–H groups in total. The van der Waals surface area contributed by atoms with E-state index in [0.29, 0.717) is 19.8 Å². The molecule has 2 aromatic rings. The van der Waals surface area contributed by atoms with Crippen molar-refractivity contribution in [3.05, 3.63) is 30.4 Å². The first kappa shape index (κ1) is 19.6. The van der Waals surface area contributed by atoms with E-state index in [1.54, 1.807) is 6.33 Å². The number of aromatic nitrogens is 4. The number of anilines is 3. The van der Waals surface area contributed by atoms with Crippen LogP contribution in [0, 0.1) is 0 Å². The molecule has 1 unspecified atom stereocenters. The number of nitrogens with zero attached hydrogens (tertiary/aromatic N) is 6. The monoisotopic (exact) mass is 409 g/mol. The van der Waals surface area contributed by atoms with Gasteiger partial charge in [0.2, 0.25) is 5.95 Å². The Morgan fingerprint density at radius 2 is 1.79 bits per heavy atom. The Bertz CT molecular complexity index is 829. The van der Waals surface area contributed by atoms with Gasteiger partial charge in [0.15, 0.2) is 0 Å². The Labute approximate surface area is 166 Å². The van der Waals surface area contributed by atoms with Crippen LogP contribution in [0.25, 0.3) is 0 Å².